The third-order valence-corrected chi connectivity index (χ3v) is 7.46. The summed E-state index contributed by atoms with van der Waals surface area (Å²) in [6.45, 7) is 0. The van der Waals surface area contributed by atoms with Crippen LogP contribution in [0, 0.1) is 0 Å². The molecule has 4 aromatic carbocycles. The molecule has 0 aliphatic carbocycles. The Labute approximate surface area is 223 Å². The summed E-state index contributed by atoms with van der Waals surface area (Å²) in [7, 11) is -2.89. The summed E-state index contributed by atoms with van der Waals surface area (Å²) in [6, 6.07) is 23.2. The number of hydrogen-bond donors (Lipinski definition) is 0. The van der Waals surface area contributed by atoms with Crippen LogP contribution in [0.25, 0.3) is 0 Å². The lowest BCUT2D eigenvalue weighted by molar-refractivity contribution is 0.0734. The van der Waals surface area contributed by atoms with Gasteiger partial charge in [0.05, 0.1) is 23.3 Å². The van der Waals surface area contributed by atoms with E-state index in [1.165, 1.54) is 92.0 Å². The molecule has 7 nitrogen and oxygen atoms in total. The van der Waals surface area contributed by atoms with E-state index in [4.69, 9.17) is 32.7 Å². The van der Waals surface area contributed by atoms with Gasteiger partial charge in [-0.3, -0.25) is 4.79 Å². The van der Waals surface area contributed by atoms with E-state index in [1.807, 2.05) is 0 Å². The summed E-state index contributed by atoms with van der Waals surface area (Å²) in [6.07, 6.45) is 0. The van der Waals surface area contributed by atoms with E-state index in [-0.39, 0.29) is 27.5 Å². The van der Waals surface area contributed by atoms with Crippen LogP contribution in [0.4, 0.5) is 5.69 Å². The van der Waals surface area contributed by atoms with Crippen LogP contribution in [0.1, 0.15) is 20.7 Å². The fraction of sp³-hybridized carbons (Fsp3) is 0.0370. The number of nitrogens with zero attached hydrogens (tertiary/aromatic N) is 1. The maximum absolute atomic E-state index is 13.6. The number of hydrogen-bond acceptors (Lipinski definition) is 6. The number of esters is 1. The molecule has 188 valence electrons. The van der Waals surface area contributed by atoms with Crippen molar-refractivity contribution < 1.29 is 27.5 Å². The number of halogens is 2. The number of anilines is 1. The largest absolute Gasteiger partial charge is 0.497 e. The van der Waals surface area contributed by atoms with Crippen molar-refractivity contribution in [3.63, 3.8) is 0 Å². The molecule has 0 aromatic heterocycles. The topological polar surface area (TPSA) is 90.0 Å². The van der Waals surface area contributed by atoms with E-state index in [0.717, 1.165) is 0 Å². The van der Waals surface area contributed by atoms with Crippen LogP contribution in [0.15, 0.2) is 102 Å². The van der Waals surface area contributed by atoms with Gasteiger partial charge in [0.2, 0.25) is 0 Å². The van der Waals surface area contributed by atoms with E-state index >= 15 is 0 Å². The van der Waals surface area contributed by atoms with Crippen LogP contribution in [-0.4, -0.2) is 27.4 Å². The highest BCUT2D eigenvalue weighted by atomic mass is 35.5. The molecule has 0 heterocycles. The highest BCUT2D eigenvalue weighted by Crippen LogP contribution is 2.29. The Balaban J connectivity index is 1.69. The first kappa shape index (κ1) is 26.2. The van der Waals surface area contributed by atoms with Gasteiger partial charge in [0.25, 0.3) is 15.9 Å². The predicted octanol–water partition coefficient (Wildman–Crippen LogP) is 6.26. The van der Waals surface area contributed by atoms with Gasteiger partial charge in [0.1, 0.15) is 11.5 Å². The van der Waals surface area contributed by atoms with Crippen LogP contribution < -0.4 is 13.8 Å². The van der Waals surface area contributed by atoms with E-state index in [1.54, 1.807) is 12.1 Å². The standard InChI is InChI=1S/C27H19Cl2NO6S/c1-35-23-14-16-25(17-15-23)37(33,34)30(26(31)18-2-6-20(28)7-3-18)22-10-12-24(13-11-22)36-27(32)19-4-8-21(29)9-5-19/h2-17H,1H3. The Kier molecular flexibility index (Phi) is 7.83. The molecule has 0 aliphatic heterocycles. The molecule has 0 bridgehead atoms. The second kappa shape index (κ2) is 11.0. The quantitative estimate of drug-likeness (QED) is 0.197. The third-order valence-electron chi connectivity index (χ3n) is 5.23. The van der Waals surface area contributed by atoms with Gasteiger partial charge in [-0.15, -0.1) is 0 Å². The first-order chi connectivity index (χ1) is 17.7. The maximum atomic E-state index is 13.6. The zero-order chi connectivity index (χ0) is 26.6. The summed E-state index contributed by atoms with van der Waals surface area (Å²) in [5.74, 6) is -0.798. The lowest BCUT2D eigenvalue weighted by Gasteiger charge is -2.23. The zero-order valence-corrected chi connectivity index (χ0v) is 21.6. The van der Waals surface area contributed by atoms with Gasteiger partial charge in [-0.25, -0.2) is 13.2 Å². The van der Waals surface area contributed by atoms with E-state index < -0.39 is 21.9 Å². The molecule has 10 heteroatoms. The number of sulfonamides is 1. The summed E-state index contributed by atoms with van der Waals surface area (Å²) >= 11 is 11.8. The third kappa shape index (κ3) is 5.94. The fourth-order valence-corrected chi connectivity index (χ4v) is 5.00. The molecule has 4 rings (SSSR count). The van der Waals surface area contributed by atoms with Gasteiger partial charge in [-0.2, -0.15) is 4.31 Å². The fourth-order valence-electron chi connectivity index (χ4n) is 3.33. The zero-order valence-electron chi connectivity index (χ0n) is 19.3. The molecule has 0 fully saturated rings. The molecule has 0 unspecified atom stereocenters. The Hall–Kier alpha value is -3.85. The lowest BCUT2D eigenvalue weighted by Crippen LogP contribution is -2.37. The Morgan fingerprint density at radius 1 is 0.676 bits per heavy atom. The van der Waals surface area contributed by atoms with Crippen molar-refractivity contribution in [2.75, 3.05) is 11.4 Å². The Bertz CT molecular complexity index is 1520. The maximum Gasteiger partial charge on any atom is 0.343 e. The van der Waals surface area contributed by atoms with Gasteiger partial charge < -0.3 is 9.47 Å². The monoisotopic (exact) mass is 555 g/mol. The van der Waals surface area contributed by atoms with Crippen molar-refractivity contribution >= 4 is 50.8 Å². The minimum Gasteiger partial charge on any atom is -0.497 e. The van der Waals surface area contributed by atoms with E-state index in [2.05, 4.69) is 0 Å². The highest BCUT2D eigenvalue weighted by Gasteiger charge is 2.32. The van der Waals surface area contributed by atoms with Crippen molar-refractivity contribution in [1.29, 1.82) is 0 Å². The Morgan fingerprint density at radius 2 is 1.16 bits per heavy atom. The average molecular weight is 556 g/mol. The van der Waals surface area contributed by atoms with Crippen molar-refractivity contribution in [3.05, 3.63) is 118 Å². The summed E-state index contributed by atoms with van der Waals surface area (Å²) in [5.41, 5.74) is 0.442. The number of carbonyl (C=O) groups is 2. The number of ether oxygens (including phenoxy) is 2. The summed E-state index contributed by atoms with van der Waals surface area (Å²) in [5, 5.41) is 0.873. The summed E-state index contributed by atoms with van der Waals surface area (Å²) < 4.78 is 38.4. The van der Waals surface area contributed by atoms with Crippen molar-refractivity contribution in [1.82, 2.24) is 0 Å². The number of rotatable bonds is 7. The normalized spacial score (nSPS) is 11.0. The number of benzene rings is 4. The van der Waals surface area contributed by atoms with Gasteiger partial charge >= 0.3 is 5.97 Å². The first-order valence-corrected chi connectivity index (χ1v) is 13.0. The van der Waals surface area contributed by atoms with Crippen LogP contribution >= 0.6 is 23.2 Å². The molecule has 0 spiro atoms. The molecule has 0 N–H and O–H groups in total. The van der Waals surface area contributed by atoms with Gasteiger partial charge in [0, 0.05) is 15.6 Å². The molecule has 1 amide bonds. The molecule has 0 saturated heterocycles. The van der Waals surface area contributed by atoms with Crippen LogP contribution in [0.3, 0.4) is 0 Å². The predicted molar refractivity (Wildman–Crippen MR) is 141 cm³/mol. The minimum atomic E-state index is -4.34. The van der Waals surface area contributed by atoms with Gasteiger partial charge in [0.15, 0.2) is 0 Å². The van der Waals surface area contributed by atoms with Crippen LogP contribution in [0.2, 0.25) is 10.0 Å². The highest BCUT2D eigenvalue weighted by molar-refractivity contribution is 7.93. The van der Waals surface area contributed by atoms with E-state index in [0.29, 0.717) is 20.1 Å². The molecule has 4 aromatic rings. The first-order valence-electron chi connectivity index (χ1n) is 10.8. The second-order valence-corrected chi connectivity index (χ2v) is 10.3. The van der Waals surface area contributed by atoms with E-state index in [9.17, 15) is 18.0 Å². The number of methoxy groups -OCH3 is 1. The molecular weight excluding hydrogens is 537 g/mol. The molecule has 0 atom stereocenters. The molecule has 37 heavy (non-hydrogen) atoms. The van der Waals surface area contributed by atoms with Crippen LogP contribution in [0.5, 0.6) is 11.5 Å². The molecule has 0 radical (unpaired) electrons. The second-order valence-electron chi connectivity index (χ2n) is 7.65. The minimum absolute atomic E-state index is 0.0436. The Morgan fingerprint density at radius 3 is 1.68 bits per heavy atom. The van der Waals surface area contributed by atoms with Crippen molar-refractivity contribution in [3.8, 4) is 11.5 Å². The van der Waals surface area contributed by atoms with Crippen LogP contribution in [-0.2, 0) is 10.0 Å². The molecular formula is C27H19Cl2NO6S. The SMILES string of the molecule is COc1ccc(S(=O)(=O)N(C(=O)c2ccc(Cl)cc2)c2ccc(OC(=O)c3ccc(Cl)cc3)cc2)cc1. The number of carbonyl (C=O) groups excluding carboxylic acids is 2. The lowest BCUT2D eigenvalue weighted by atomic mass is 10.2. The summed E-state index contributed by atoms with van der Waals surface area (Å²) in [4.78, 5) is 25.8. The molecule has 0 aliphatic rings. The van der Waals surface area contributed by atoms with Crippen molar-refractivity contribution in [2.45, 2.75) is 4.90 Å². The molecule has 0 saturated carbocycles. The van der Waals surface area contributed by atoms with Crippen molar-refractivity contribution in [2.24, 2.45) is 0 Å². The van der Waals surface area contributed by atoms with Gasteiger partial charge in [-0.1, -0.05) is 23.2 Å². The van der Waals surface area contributed by atoms with Gasteiger partial charge in [-0.05, 0) is 97.1 Å². The smallest absolute Gasteiger partial charge is 0.343 e. The average Bonchev–Trinajstić information content (AvgIpc) is 2.90. The number of amides is 1.